The van der Waals surface area contributed by atoms with Gasteiger partial charge in [0.25, 0.3) is 5.56 Å². The third kappa shape index (κ3) is 7.04. The van der Waals surface area contributed by atoms with Crippen LogP contribution >= 0.6 is 0 Å². The number of amides is 1. The summed E-state index contributed by atoms with van der Waals surface area (Å²) >= 11 is 0. The van der Waals surface area contributed by atoms with E-state index < -0.39 is 42.3 Å². The van der Waals surface area contributed by atoms with Crippen molar-refractivity contribution in [1.29, 1.82) is 0 Å². The van der Waals surface area contributed by atoms with Crippen molar-refractivity contribution < 1.29 is 35.9 Å². The van der Waals surface area contributed by atoms with Gasteiger partial charge in [-0.1, -0.05) is 12.1 Å². The van der Waals surface area contributed by atoms with E-state index in [1.54, 1.807) is 0 Å². The van der Waals surface area contributed by atoms with E-state index in [-0.39, 0.29) is 42.6 Å². The fourth-order valence-corrected chi connectivity index (χ4v) is 3.21. The molecule has 1 aromatic heterocycles. The zero-order chi connectivity index (χ0) is 24.2. The number of hydrogen-bond acceptors (Lipinski definition) is 4. The lowest BCUT2D eigenvalue weighted by molar-refractivity contribution is -0.137. The van der Waals surface area contributed by atoms with Gasteiger partial charge in [0.1, 0.15) is 12.4 Å². The highest BCUT2D eigenvalue weighted by Crippen LogP contribution is 2.30. The van der Waals surface area contributed by atoms with Gasteiger partial charge in [0.2, 0.25) is 5.91 Å². The standard InChI is InChI=1S/C21H21F6N3O3/c22-20(23,24)8-1-2-17-29-16(13-3-5-14(6-4-13)21(25,26)27)10-19(32)30(17)12-18(31)28-11-15-7-9-33-15/h3-6,10,15H,1-2,7-9,11-12H2,(H,28,31). The molecule has 1 aliphatic heterocycles. The van der Waals surface area contributed by atoms with E-state index in [9.17, 15) is 35.9 Å². The quantitative estimate of drug-likeness (QED) is 0.589. The Balaban J connectivity index is 1.84. The molecule has 1 aliphatic rings. The van der Waals surface area contributed by atoms with Gasteiger partial charge in [0.05, 0.1) is 17.4 Å². The summed E-state index contributed by atoms with van der Waals surface area (Å²) in [6.07, 6.45) is -10.0. The number of alkyl halides is 6. The van der Waals surface area contributed by atoms with Gasteiger partial charge in [0.15, 0.2) is 0 Å². The molecule has 1 fully saturated rings. The van der Waals surface area contributed by atoms with Crippen molar-refractivity contribution in [2.24, 2.45) is 0 Å². The van der Waals surface area contributed by atoms with Crippen LogP contribution < -0.4 is 10.9 Å². The molecule has 0 radical (unpaired) electrons. The molecule has 6 nitrogen and oxygen atoms in total. The van der Waals surface area contributed by atoms with Crippen LogP contribution in [0.5, 0.6) is 0 Å². The van der Waals surface area contributed by atoms with E-state index in [1.807, 2.05) is 0 Å². The third-order valence-electron chi connectivity index (χ3n) is 5.08. The zero-order valence-corrected chi connectivity index (χ0v) is 17.3. The molecule has 0 aliphatic carbocycles. The summed E-state index contributed by atoms with van der Waals surface area (Å²) in [5.41, 5.74) is -1.39. The molecule has 0 spiro atoms. The van der Waals surface area contributed by atoms with Crippen molar-refractivity contribution in [3.8, 4) is 11.3 Å². The molecule has 1 atom stereocenters. The molecule has 12 heteroatoms. The second kappa shape index (κ2) is 9.94. The number of hydrogen-bond donors (Lipinski definition) is 1. The summed E-state index contributed by atoms with van der Waals surface area (Å²) in [4.78, 5) is 29.1. The second-order valence-electron chi connectivity index (χ2n) is 7.61. The van der Waals surface area contributed by atoms with Gasteiger partial charge >= 0.3 is 12.4 Å². The minimum absolute atomic E-state index is 0.00950. The highest BCUT2D eigenvalue weighted by molar-refractivity contribution is 5.75. The summed E-state index contributed by atoms with van der Waals surface area (Å²) in [5, 5.41) is 2.60. The Morgan fingerprint density at radius 1 is 1.15 bits per heavy atom. The fourth-order valence-electron chi connectivity index (χ4n) is 3.21. The molecule has 1 aromatic carbocycles. The van der Waals surface area contributed by atoms with Crippen molar-refractivity contribution in [3.05, 3.63) is 52.1 Å². The number of carbonyl (C=O) groups is 1. The monoisotopic (exact) mass is 477 g/mol. The summed E-state index contributed by atoms with van der Waals surface area (Å²) < 4.78 is 82.3. The molecule has 1 N–H and O–H groups in total. The number of halogens is 6. The molecule has 180 valence electrons. The lowest BCUT2D eigenvalue weighted by Gasteiger charge is -2.26. The van der Waals surface area contributed by atoms with E-state index in [4.69, 9.17) is 4.74 Å². The van der Waals surface area contributed by atoms with Gasteiger partial charge < -0.3 is 10.1 Å². The number of aryl methyl sites for hydroxylation is 1. The Hall–Kier alpha value is -2.89. The maximum absolute atomic E-state index is 12.8. The van der Waals surface area contributed by atoms with Crippen LogP contribution in [0.1, 0.15) is 30.7 Å². The first kappa shape index (κ1) is 24.7. The van der Waals surface area contributed by atoms with Gasteiger partial charge in [-0.05, 0) is 25.0 Å². The van der Waals surface area contributed by atoms with Crippen LogP contribution in [0.25, 0.3) is 11.3 Å². The van der Waals surface area contributed by atoms with Gasteiger partial charge in [0, 0.05) is 37.6 Å². The lowest BCUT2D eigenvalue weighted by atomic mass is 10.1. The van der Waals surface area contributed by atoms with Gasteiger partial charge in [-0.15, -0.1) is 0 Å². The summed E-state index contributed by atoms with van der Waals surface area (Å²) in [6.45, 7) is 0.389. The van der Waals surface area contributed by atoms with Crippen LogP contribution in [0.15, 0.2) is 35.1 Å². The maximum Gasteiger partial charge on any atom is 0.416 e. The van der Waals surface area contributed by atoms with Crippen LogP contribution in [0.2, 0.25) is 0 Å². The molecule has 3 rings (SSSR count). The smallest absolute Gasteiger partial charge is 0.376 e. The maximum atomic E-state index is 12.8. The normalized spacial score (nSPS) is 16.4. The molecule has 0 bridgehead atoms. The van der Waals surface area contributed by atoms with Crippen LogP contribution in [0, 0.1) is 0 Å². The highest BCUT2D eigenvalue weighted by Gasteiger charge is 2.30. The van der Waals surface area contributed by atoms with Crippen LogP contribution in [-0.2, 0) is 28.7 Å². The predicted octanol–water partition coefficient (Wildman–Crippen LogP) is 3.72. The van der Waals surface area contributed by atoms with Crippen molar-refractivity contribution in [2.75, 3.05) is 13.2 Å². The van der Waals surface area contributed by atoms with Gasteiger partial charge in [-0.2, -0.15) is 26.3 Å². The average Bonchev–Trinajstić information content (AvgIpc) is 2.67. The van der Waals surface area contributed by atoms with E-state index in [0.717, 1.165) is 41.3 Å². The van der Waals surface area contributed by atoms with E-state index >= 15 is 0 Å². The van der Waals surface area contributed by atoms with Gasteiger partial charge in [-0.3, -0.25) is 14.2 Å². The first-order chi connectivity index (χ1) is 15.4. The molecule has 1 saturated heterocycles. The van der Waals surface area contributed by atoms with Crippen molar-refractivity contribution in [2.45, 2.75) is 50.7 Å². The fraction of sp³-hybridized carbons (Fsp3) is 0.476. The SMILES string of the molecule is O=C(Cn1c(CCCC(F)(F)F)nc(-c2ccc(C(F)(F)F)cc2)cc1=O)NCC1CCO1. The Morgan fingerprint density at radius 2 is 1.82 bits per heavy atom. The number of nitrogens with zero attached hydrogens (tertiary/aromatic N) is 2. The number of aromatic nitrogens is 2. The Morgan fingerprint density at radius 3 is 2.36 bits per heavy atom. The van der Waals surface area contributed by atoms with Crippen LogP contribution in [0.3, 0.4) is 0 Å². The number of rotatable bonds is 8. The number of benzene rings is 1. The molecule has 1 amide bonds. The predicted molar refractivity (Wildman–Crippen MR) is 105 cm³/mol. The largest absolute Gasteiger partial charge is 0.416 e. The zero-order valence-electron chi connectivity index (χ0n) is 17.3. The topological polar surface area (TPSA) is 73.2 Å². The summed E-state index contributed by atoms with van der Waals surface area (Å²) in [7, 11) is 0. The van der Waals surface area contributed by atoms with Crippen molar-refractivity contribution in [3.63, 3.8) is 0 Å². The molecular weight excluding hydrogens is 456 g/mol. The van der Waals surface area contributed by atoms with E-state index in [1.165, 1.54) is 0 Å². The number of nitrogens with one attached hydrogen (secondary N) is 1. The van der Waals surface area contributed by atoms with Gasteiger partial charge in [-0.25, -0.2) is 4.98 Å². The molecule has 0 saturated carbocycles. The van der Waals surface area contributed by atoms with Crippen LogP contribution in [-0.4, -0.2) is 40.9 Å². The molecule has 2 aromatic rings. The average molecular weight is 477 g/mol. The Bertz CT molecular complexity index is 1030. The first-order valence-corrected chi connectivity index (χ1v) is 10.2. The van der Waals surface area contributed by atoms with Crippen LogP contribution in [0.4, 0.5) is 26.3 Å². The lowest BCUT2D eigenvalue weighted by Crippen LogP contribution is -2.42. The number of carbonyl (C=O) groups excluding carboxylic acids is 1. The first-order valence-electron chi connectivity index (χ1n) is 10.2. The summed E-state index contributed by atoms with van der Waals surface area (Å²) in [6, 6.07) is 4.93. The highest BCUT2D eigenvalue weighted by atomic mass is 19.4. The van der Waals surface area contributed by atoms with Crippen molar-refractivity contribution >= 4 is 5.91 Å². The third-order valence-corrected chi connectivity index (χ3v) is 5.08. The number of ether oxygens (including phenoxy) is 1. The molecular formula is C21H21F6N3O3. The molecule has 2 heterocycles. The Kier molecular flexibility index (Phi) is 7.45. The Labute approximate surface area is 184 Å². The van der Waals surface area contributed by atoms with E-state index in [2.05, 4.69) is 10.3 Å². The van der Waals surface area contributed by atoms with E-state index in [0.29, 0.717) is 6.61 Å². The summed E-state index contributed by atoms with van der Waals surface area (Å²) in [5.74, 6) is -0.592. The van der Waals surface area contributed by atoms with Crippen molar-refractivity contribution in [1.82, 2.24) is 14.9 Å². The molecule has 1 unspecified atom stereocenters. The second-order valence-corrected chi connectivity index (χ2v) is 7.61. The minimum Gasteiger partial charge on any atom is -0.376 e. The minimum atomic E-state index is -4.55. The molecule has 33 heavy (non-hydrogen) atoms.